The van der Waals surface area contributed by atoms with E-state index in [0.717, 1.165) is 10.0 Å². The van der Waals surface area contributed by atoms with Gasteiger partial charge in [0.1, 0.15) is 5.75 Å². The highest BCUT2D eigenvalue weighted by atomic mass is 79.9. The van der Waals surface area contributed by atoms with E-state index >= 15 is 0 Å². The molecule has 3 aromatic carbocycles. The van der Waals surface area contributed by atoms with E-state index in [-0.39, 0.29) is 42.1 Å². The van der Waals surface area contributed by atoms with Crippen LogP contribution in [0.5, 0.6) is 5.75 Å². The molecule has 4 aliphatic rings. The third-order valence-corrected chi connectivity index (χ3v) is 10.6. The molecule has 7 rings (SSSR count). The van der Waals surface area contributed by atoms with Crippen LogP contribution in [0.15, 0.2) is 101 Å². The van der Waals surface area contributed by atoms with Crippen molar-refractivity contribution in [1.82, 2.24) is 4.90 Å². The number of allylic oxidation sites excluding steroid dienone is 4. The number of rotatable bonds is 4. The van der Waals surface area contributed by atoms with Crippen molar-refractivity contribution in [2.75, 3.05) is 6.54 Å². The SMILES string of the molecule is CCN1C(=O)[C@H]2[C@H](CC=C3[C@H]2C[C@H]2C(=O)C(c4ccccc4)=CC(=O)[C@@]2(c2ccccc2)[C@H]3c2cc(Br)ccc2O)C1=O. The fraction of sp³-hybridized carbons (Fsp3) is 0.278. The summed E-state index contributed by atoms with van der Waals surface area (Å²) in [5.74, 6) is -3.89. The van der Waals surface area contributed by atoms with Crippen molar-refractivity contribution in [1.29, 1.82) is 0 Å². The Morgan fingerprint density at radius 1 is 0.907 bits per heavy atom. The highest BCUT2D eigenvalue weighted by Gasteiger charge is 2.66. The maximum absolute atomic E-state index is 14.9. The van der Waals surface area contributed by atoms with Crippen LogP contribution in [0.1, 0.15) is 42.4 Å². The monoisotopic (exact) mass is 635 g/mol. The first kappa shape index (κ1) is 27.7. The van der Waals surface area contributed by atoms with Gasteiger partial charge in [0.25, 0.3) is 0 Å². The van der Waals surface area contributed by atoms with E-state index in [0.29, 0.717) is 28.7 Å². The molecule has 1 saturated heterocycles. The zero-order valence-corrected chi connectivity index (χ0v) is 25.2. The van der Waals surface area contributed by atoms with E-state index in [1.807, 2.05) is 72.8 Å². The van der Waals surface area contributed by atoms with E-state index in [2.05, 4.69) is 15.9 Å². The Hall–Kier alpha value is -4.10. The summed E-state index contributed by atoms with van der Waals surface area (Å²) in [7, 11) is 0. The fourth-order valence-electron chi connectivity index (χ4n) is 8.35. The van der Waals surface area contributed by atoms with Gasteiger partial charge in [-0.3, -0.25) is 24.1 Å². The number of amides is 2. The van der Waals surface area contributed by atoms with E-state index in [1.165, 1.54) is 11.0 Å². The molecular formula is C36H30BrNO5. The number of phenols is 1. The van der Waals surface area contributed by atoms with Crippen LogP contribution in [0.4, 0.5) is 0 Å². The second-order valence-electron chi connectivity index (χ2n) is 11.9. The van der Waals surface area contributed by atoms with Crippen molar-refractivity contribution < 1.29 is 24.3 Å². The smallest absolute Gasteiger partial charge is 0.233 e. The van der Waals surface area contributed by atoms with Crippen LogP contribution in [0, 0.1) is 23.7 Å². The van der Waals surface area contributed by atoms with Gasteiger partial charge in [-0.2, -0.15) is 0 Å². The number of fused-ring (bicyclic) bond motifs is 4. The molecule has 1 N–H and O–H groups in total. The van der Waals surface area contributed by atoms with Crippen molar-refractivity contribution in [3.8, 4) is 5.75 Å². The fourth-order valence-corrected chi connectivity index (χ4v) is 8.73. The average molecular weight is 637 g/mol. The normalized spacial score (nSPS) is 29.9. The molecule has 3 aromatic rings. The number of imide groups is 1. The number of hydrogen-bond acceptors (Lipinski definition) is 5. The van der Waals surface area contributed by atoms with Gasteiger partial charge in [0.15, 0.2) is 11.6 Å². The standard InChI is InChI=1S/C36H30BrNO5/c1-2-38-34(42)24-15-14-23-26(31(24)35(38)43)18-28-33(41)25(20-9-5-3-6-10-20)19-30(40)36(28,21-11-7-4-8-12-21)32(23)27-17-22(37)13-16-29(27)39/h3-14,16-17,19,24,26,28,31-32,39H,2,15,18H2,1H3/t24-,26+,28-,31-,32+,36-/m0/s1. The molecule has 3 aliphatic carbocycles. The number of halogens is 1. The molecule has 0 radical (unpaired) electrons. The number of benzene rings is 3. The molecule has 1 saturated carbocycles. The molecule has 0 bridgehead atoms. The molecule has 2 fully saturated rings. The molecule has 0 aromatic heterocycles. The van der Waals surface area contributed by atoms with Gasteiger partial charge in [0.05, 0.1) is 17.3 Å². The van der Waals surface area contributed by atoms with Gasteiger partial charge < -0.3 is 5.11 Å². The van der Waals surface area contributed by atoms with Crippen LogP contribution in [0.2, 0.25) is 0 Å². The van der Waals surface area contributed by atoms with Crippen LogP contribution < -0.4 is 0 Å². The predicted molar refractivity (Wildman–Crippen MR) is 165 cm³/mol. The van der Waals surface area contributed by atoms with Gasteiger partial charge in [-0.05, 0) is 61.1 Å². The van der Waals surface area contributed by atoms with Crippen LogP contribution in [-0.2, 0) is 24.6 Å². The Bertz CT molecular complexity index is 1750. The third-order valence-electron chi connectivity index (χ3n) is 10.1. The van der Waals surface area contributed by atoms with Gasteiger partial charge >= 0.3 is 0 Å². The molecule has 43 heavy (non-hydrogen) atoms. The largest absolute Gasteiger partial charge is 0.508 e. The van der Waals surface area contributed by atoms with Gasteiger partial charge in [-0.15, -0.1) is 0 Å². The number of likely N-dealkylation sites (tertiary alicyclic amines) is 1. The highest BCUT2D eigenvalue weighted by molar-refractivity contribution is 9.10. The number of ketones is 2. The minimum absolute atomic E-state index is 0.00743. The van der Waals surface area contributed by atoms with E-state index in [1.54, 1.807) is 19.1 Å². The molecule has 216 valence electrons. The maximum Gasteiger partial charge on any atom is 0.233 e. The Balaban J connectivity index is 1.53. The van der Waals surface area contributed by atoms with Crippen LogP contribution >= 0.6 is 15.9 Å². The molecule has 1 aliphatic heterocycles. The second kappa shape index (κ2) is 10.3. The molecule has 7 heteroatoms. The predicted octanol–water partition coefficient (Wildman–Crippen LogP) is 6.00. The molecule has 2 amide bonds. The summed E-state index contributed by atoms with van der Waals surface area (Å²) >= 11 is 3.56. The van der Waals surface area contributed by atoms with Crippen LogP contribution in [0.25, 0.3) is 5.57 Å². The van der Waals surface area contributed by atoms with Crippen molar-refractivity contribution in [3.05, 3.63) is 118 Å². The number of carbonyl (C=O) groups excluding carboxylic acids is 4. The van der Waals surface area contributed by atoms with Gasteiger partial charge in [0.2, 0.25) is 11.8 Å². The number of aromatic hydroxyl groups is 1. The topological polar surface area (TPSA) is 91.8 Å². The minimum atomic E-state index is -1.36. The zero-order valence-electron chi connectivity index (χ0n) is 23.6. The average Bonchev–Trinajstić information content (AvgIpc) is 3.28. The summed E-state index contributed by atoms with van der Waals surface area (Å²) in [6.07, 6.45) is 4.11. The van der Waals surface area contributed by atoms with E-state index in [4.69, 9.17) is 0 Å². The summed E-state index contributed by atoms with van der Waals surface area (Å²) in [5.41, 5.74) is 1.70. The molecule has 0 spiro atoms. The van der Waals surface area contributed by atoms with Crippen molar-refractivity contribution in [2.45, 2.75) is 31.1 Å². The minimum Gasteiger partial charge on any atom is -0.508 e. The Labute approximate surface area is 258 Å². The van der Waals surface area contributed by atoms with E-state index in [9.17, 15) is 24.3 Å². The molecule has 1 heterocycles. The van der Waals surface area contributed by atoms with Crippen LogP contribution in [-0.4, -0.2) is 39.9 Å². The number of hydrogen-bond donors (Lipinski definition) is 1. The summed E-state index contributed by atoms with van der Waals surface area (Å²) in [4.78, 5) is 58.1. The number of nitrogens with zero attached hydrogens (tertiary/aromatic N) is 1. The number of phenolic OH excluding ortho intramolecular Hbond substituents is 1. The Kier molecular flexibility index (Phi) is 6.62. The first-order chi connectivity index (χ1) is 20.8. The maximum atomic E-state index is 14.9. The van der Waals surface area contributed by atoms with Gasteiger partial charge in [-0.1, -0.05) is 88.2 Å². The quantitative estimate of drug-likeness (QED) is 0.280. The van der Waals surface area contributed by atoms with Crippen molar-refractivity contribution in [2.24, 2.45) is 23.7 Å². The lowest BCUT2D eigenvalue weighted by atomic mass is 9.44. The van der Waals surface area contributed by atoms with E-state index < -0.39 is 35.0 Å². The number of Topliss-reactive ketones (excluding diaryl/α,β-unsaturated/α-hetero) is 1. The summed E-state index contributed by atoms with van der Waals surface area (Å²) in [6.45, 7) is 2.09. The van der Waals surface area contributed by atoms with Gasteiger partial charge in [-0.25, -0.2) is 0 Å². The summed E-state index contributed by atoms with van der Waals surface area (Å²) < 4.78 is 0.718. The lowest BCUT2D eigenvalue weighted by Gasteiger charge is -2.55. The van der Waals surface area contributed by atoms with Gasteiger partial charge in [0, 0.05) is 34.0 Å². The molecule has 0 unspecified atom stereocenters. The molecule has 6 nitrogen and oxygen atoms in total. The zero-order chi connectivity index (χ0) is 30.0. The summed E-state index contributed by atoms with van der Waals surface area (Å²) in [6, 6.07) is 23.7. The number of carbonyl (C=O) groups is 4. The Morgan fingerprint density at radius 2 is 1.60 bits per heavy atom. The lowest BCUT2D eigenvalue weighted by Crippen LogP contribution is -2.58. The highest BCUT2D eigenvalue weighted by Crippen LogP contribution is 2.64. The second-order valence-corrected chi connectivity index (χ2v) is 12.8. The van der Waals surface area contributed by atoms with Crippen molar-refractivity contribution >= 4 is 44.9 Å². The lowest BCUT2D eigenvalue weighted by molar-refractivity contribution is -0.140. The van der Waals surface area contributed by atoms with Crippen molar-refractivity contribution in [3.63, 3.8) is 0 Å². The molecule has 6 atom stereocenters. The first-order valence-electron chi connectivity index (χ1n) is 14.7. The molecular weight excluding hydrogens is 606 g/mol. The summed E-state index contributed by atoms with van der Waals surface area (Å²) in [5, 5.41) is 11.4. The third kappa shape index (κ3) is 3.90. The first-order valence-corrected chi connectivity index (χ1v) is 15.5. The van der Waals surface area contributed by atoms with Crippen LogP contribution in [0.3, 0.4) is 0 Å². The Morgan fingerprint density at radius 3 is 2.30 bits per heavy atom.